The first-order valence-corrected chi connectivity index (χ1v) is 7.15. The predicted molar refractivity (Wildman–Crippen MR) is 69.7 cm³/mol. The van der Waals surface area contributed by atoms with Crippen molar-refractivity contribution in [3.05, 3.63) is 0 Å². The smallest absolute Gasteiger partial charge is 0.0495 e. The Bertz CT molecular complexity index is 155. The van der Waals surface area contributed by atoms with Gasteiger partial charge in [-0.25, -0.2) is 0 Å². The van der Waals surface area contributed by atoms with Crippen LogP contribution in [0.15, 0.2) is 0 Å². The van der Waals surface area contributed by atoms with Crippen molar-refractivity contribution in [1.82, 2.24) is 5.32 Å². The molecule has 96 valence electrons. The summed E-state index contributed by atoms with van der Waals surface area (Å²) in [4.78, 5) is 0. The fraction of sp³-hybridized carbons (Fsp3) is 1.00. The van der Waals surface area contributed by atoms with Gasteiger partial charge in [0, 0.05) is 13.2 Å². The van der Waals surface area contributed by atoms with E-state index in [1.807, 2.05) is 0 Å². The van der Waals surface area contributed by atoms with Gasteiger partial charge in [-0.1, -0.05) is 33.1 Å². The van der Waals surface area contributed by atoms with Crippen LogP contribution < -0.4 is 5.32 Å². The molecule has 1 fully saturated rings. The van der Waals surface area contributed by atoms with Crippen LogP contribution in [0, 0.1) is 11.8 Å². The molecule has 1 N–H and O–H groups in total. The Labute approximate surface area is 101 Å². The highest BCUT2D eigenvalue weighted by Crippen LogP contribution is 2.15. The number of unbranched alkanes of at least 4 members (excludes halogenated alkanes) is 1. The monoisotopic (exact) mass is 227 g/mol. The molecule has 2 atom stereocenters. The average molecular weight is 227 g/mol. The number of ether oxygens (including phenoxy) is 1. The molecule has 0 radical (unpaired) electrons. The average Bonchev–Trinajstić information content (AvgIpc) is 2.81. The van der Waals surface area contributed by atoms with Gasteiger partial charge < -0.3 is 10.1 Å². The van der Waals surface area contributed by atoms with Crippen molar-refractivity contribution in [3.63, 3.8) is 0 Å². The van der Waals surface area contributed by atoms with Crippen molar-refractivity contribution in [3.8, 4) is 0 Å². The van der Waals surface area contributed by atoms with Gasteiger partial charge in [-0.3, -0.25) is 0 Å². The highest BCUT2D eigenvalue weighted by Gasteiger charge is 2.14. The van der Waals surface area contributed by atoms with Crippen molar-refractivity contribution in [2.45, 2.75) is 52.4 Å². The Morgan fingerprint density at radius 1 is 1.38 bits per heavy atom. The molecule has 0 aromatic rings. The normalized spacial score (nSPS) is 22.5. The second-order valence-corrected chi connectivity index (χ2v) is 5.14. The van der Waals surface area contributed by atoms with Crippen LogP contribution in [0.1, 0.15) is 52.4 Å². The summed E-state index contributed by atoms with van der Waals surface area (Å²) in [7, 11) is 0. The molecule has 0 spiro atoms. The molecule has 1 saturated heterocycles. The van der Waals surface area contributed by atoms with E-state index in [9.17, 15) is 0 Å². The van der Waals surface area contributed by atoms with E-state index in [2.05, 4.69) is 19.2 Å². The molecular weight excluding hydrogens is 198 g/mol. The van der Waals surface area contributed by atoms with Crippen molar-refractivity contribution in [1.29, 1.82) is 0 Å². The van der Waals surface area contributed by atoms with Crippen LogP contribution in [0.3, 0.4) is 0 Å². The zero-order valence-electron chi connectivity index (χ0n) is 11.1. The maximum Gasteiger partial charge on any atom is 0.0495 e. The van der Waals surface area contributed by atoms with Gasteiger partial charge in [0.05, 0.1) is 0 Å². The summed E-state index contributed by atoms with van der Waals surface area (Å²) in [6.07, 6.45) is 8.00. The van der Waals surface area contributed by atoms with Crippen molar-refractivity contribution >= 4 is 0 Å². The molecule has 0 aromatic carbocycles. The van der Waals surface area contributed by atoms with Gasteiger partial charge in [-0.05, 0) is 44.2 Å². The zero-order chi connectivity index (χ0) is 11.6. The summed E-state index contributed by atoms with van der Waals surface area (Å²) in [5.41, 5.74) is 0. The second-order valence-electron chi connectivity index (χ2n) is 5.14. The topological polar surface area (TPSA) is 21.3 Å². The first-order valence-electron chi connectivity index (χ1n) is 7.15. The Kier molecular flexibility index (Phi) is 7.87. The van der Waals surface area contributed by atoms with E-state index in [1.165, 1.54) is 51.6 Å². The van der Waals surface area contributed by atoms with Gasteiger partial charge in [-0.15, -0.1) is 0 Å². The van der Waals surface area contributed by atoms with E-state index in [-0.39, 0.29) is 0 Å². The van der Waals surface area contributed by atoms with Gasteiger partial charge >= 0.3 is 0 Å². The van der Waals surface area contributed by atoms with Crippen LogP contribution >= 0.6 is 0 Å². The van der Waals surface area contributed by atoms with Crippen LogP contribution in [-0.2, 0) is 4.74 Å². The number of rotatable bonds is 9. The van der Waals surface area contributed by atoms with Gasteiger partial charge in [0.25, 0.3) is 0 Å². The Morgan fingerprint density at radius 2 is 2.25 bits per heavy atom. The van der Waals surface area contributed by atoms with E-state index in [1.54, 1.807) is 0 Å². The third kappa shape index (κ3) is 5.86. The molecule has 1 aliphatic rings. The van der Waals surface area contributed by atoms with Crippen LogP contribution in [0.25, 0.3) is 0 Å². The largest absolute Gasteiger partial charge is 0.381 e. The minimum atomic E-state index is 0.822. The maximum absolute atomic E-state index is 5.38. The third-order valence-electron chi connectivity index (χ3n) is 3.73. The predicted octanol–water partition coefficient (Wildman–Crippen LogP) is 3.22. The molecule has 1 aliphatic heterocycles. The molecule has 0 aromatic heterocycles. The number of hydrogen-bond donors (Lipinski definition) is 1. The van der Waals surface area contributed by atoms with Crippen LogP contribution in [0.4, 0.5) is 0 Å². The summed E-state index contributed by atoms with van der Waals surface area (Å²) in [6, 6.07) is 0. The third-order valence-corrected chi connectivity index (χ3v) is 3.73. The standard InChI is InChI=1S/C14H29NO/c1-3-5-6-13(4-2)11-15-9-7-14-8-10-16-12-14/h13-15H,3-12H2,1-2H3. The lowest BCUT2D eigenvalue weighted by Gasteiger charge is -2.16. The van der Waals surface area contributed by atoms with Crippen LogP contribution in [-0.4, -0.2) is 26.3 Å². The lowest BCUT2D eigenvalue weighted by atomic mass is 9.99. The van der Waals surface area contributed by atoms with Gasteiger partial charge in [0.15, 0.2) is 0 Å². The molecule has 2 unspecified atom stereocenters. The second kappa shape index (κ2) is 9.00. The van der Waals surface area contributed by atoms with Crippen LogP contribution in [0.2, 0.25) is 0 Å². The van der Waals surface area contributed by atoms with E-state index in [0.29, 0.717) is 0 Å². The van der Waals surface area contributed by atoms with E-state index >= 15 is 0 Å². The van der Waals surface area contributed by atoms with E-state index in [4.69, 9.17) is 4.74 Å². The number of hydrogen-bond acceptors (Lipinski definition) is 2. The Hall–Kier alpha value is -0.0800. The highest BCUT2D eigenvalue weighted by atomic mass is 16.5. The molecule has 16 heavy (non-hydrogen) atoms. The zero-order valence-corrected chi connectivity index (χ0v) is 11.1. The summed E-state index contributed by atoms with van der Waals surface area (Å²) in [6.45, 7) is 8.96. The maximum atomic E-state index is 5.38. The number of nitrogens with one attached hydrogen (secondary N) is 1. The van der Waals surface area contributed by atoms with Gasteiger partial charge in [0.1, 0.15) is 0 Å². The molecule has 0 amide bonds. The molecule has 2 nitrogen and oxygen atoms in total. The van der Waals surface area contributed by atoms with Gasteiger partial charge in [-0.2, -0.15) is 0 Å². The minimum absolute atomic E-state index is 0.822. The molecule has 0 aliphatic carbocycles. The van der Waals surface area contributed by atoms with E-state index < -0.39 is 0 Å². The SMILES string of the molecule is CCCCC(CC)CNCCC1CCOC1. The fourth-order valence-electron chi connectivity index (χ4n) is 2.37. The molecule has 0 saturated carbocycles. The van der Waals surface area contributed by atoms with Crippen molar-refractivity contribution < 1.29 is 4.74 Å². The summed E-state index contributed by atoms with van der Waals surface area (Å²) < 4.78 is 5.38. The quantitative estimate of drug-likeness (QED) is 0.611. The van der Waals surface area contributed by atoms with Crippen LogP contribution in [0.5, 0.6) is 0 Å². The summed E-state index contributed by atoms with van der Waals surface area (Å²) in [5.74, 6) is 1.71. The van der Waals surface area contributed by atoms with Crippen molar-refractivity contribution in [2.24, 2.45) is 11.8 Å². The Morgan fingerprint density at radius 3 is 2.88 bits per heavy atom. The first-order chi connectivity index (χ1) is 7.86. The summed E-state index contributed by atoms with van der Waals surface area (Å²) >= 11 is 0. The molecule has 2 heteroatoms. The molecule has 0 bridgehead atoms. The van der Waals surface area contributed by atoms with Crippen molar-refractivity contribution in [2.75, 3.05) is 26.3 Å². The fourth-order valence-corrected chi connectivity index (χ4v) is 2.37. The first kappa shape index (κ1) is 14.0. The minimum Gasteiger partial charge on any atom is -0.381 e. The van der Waals surface area contributed by atoms with E-state index in [0.717, 1.165) is 25.0 Å². The molecule has 1 rings (SSSR count). The Balaban J connectivity index is 1.95. The summed E-state index contributed by atoms with van der Waals surface area (Å²) in [5, 5.41) is 3.62. The highest BCUT2D eigenvalue weighted by molar-refractivity contribution is 4.67. The molecule has 1 heterocycles. The van der Waals surface area contributed by atoms with Gasteiger partial charge in [0.2, 0.25) is 0 Å². The lowest BCUT2D eigenvalue weighted by molar-refractivity contribution is 0.184. The molecular formula is C14H29NO. The lowest BCUT2D eigenvalue weighted by Crippen LogP contribution is -2.25.